The predicted octanol–water partition coefficient (Wildman–Crippen LogP) is 3.92. The highest BCUT2D eigenvalue weighted by molar-refractivity contribution is 5.82. The largest absolute Gasteiger partial charge is 0.497 e. The number of rotatable bonds is 7. The van der Waals surface area contributed by atoms with E-state index in [1.165, 1.54) is 0 Å². The van der Waals surface area contributed by atoms with Gasteiger partial charge in [-0.25, -0.2) is 4.98 Å². The van der Waals surface area contributed by atoms with Crippen LogP contribution < -0.4 is 20.1 Å². The van der Waals surface area contributed by atoms with Gasteiger partial charge in [0.1, 0.15) is 11.5 Å². The van der Waals surface area contributed by atoms with E-state index in [-0.39, 0.29) is 0 Å². The lowest BCUT2D eigenvalue weighted by Crippen LogP contribution is -2.43. The molecule has 0 atom stereocenters. The van der Waals surface area contributed by atoms with Gasteiger partial charge in [0.15, 0.2) is 0 Å². The highest BCUT2D eigenvalue weighted by Gasteiger charge is 2.21. The number of hydrogen-bond acceptors (Lipinski definition) is 7. The molecule has 0 bridgehead atoms. The Morgan fingerprint density at radius 2 is 1.69 bits per heavy atom. The summed E-state index contributed by atoms with van der Waals surface area (Å²) >= 11 is 0. The van der Waals surface area contributed by atoms with Crippen LogP contribution in [0.5, 0.6) is 11.5 Å². The van der Waals surface area contributed by atoms with E-state index in [0.29, 0.717) is 18.0 Å². The van der Waals surface area contributed by atoms with Crippen LogP contribution in [-0.2, 0) is 7.05 Å². The van der Waals surface area contributed by atoms with Gasteiger partial charge in [0, 0.05) is 60.5 Å². The van der Waals surface area contributed by atoms with Crippen LogP contribution in [0.4, 0.5) is 11.4 Å². The maximum atomic E-state index is 6.43. The lowest BCUT2D eigenvalue weighted by Gasteiger charge is -2.32. The summed E-state index contributed by atoms with van der Waals surface area (Å²) in [5, 5.41) is 4.23. The number of benzene rings is 2. The van der Waals surface area contributed by atoms with Crippen molar-refractivity contribution in [2.75, 3.05) is 25.7 Å². The fourth-order valence-electron chi connectivity index (χ4n) is 3.55. The molecule has 8 nitrogen and oxygen atoms in total. The van der Waals surface area contributed by atoms with E-state index in [1.54, 1.807) is 31.3 Å². The molecule has 0 amide bonds. The molecule has 0 saturated heterocycles. The van der Waals surface area contributed by atoms with Crippen LogP contribution in [0, 0.1) is 0 Å². The highest BCUT2D eigenvalue weighted by Crippen LogP contribution is 2.35. The Bertz CT molecular complexity index is 1220. The van der Waals surface area contributed by atoms with E-state index in [4.69, 9.17) is 20.2 Å². The minimum atomic E-state index is -0.450. The van der Waals surface area contributed by atoms with E-state index in [1.807, 2.05) is 63.5 Å². The van der Waals surface area contributed by atoms with Crippen LogP contribution >= 0.6 is 0 Å². The summed E-state index contributed by atoms with van der Waals surface area (Å²) in [4.78, 5) is 11.6. The topological polar surface area (TPSA) is 91.3 Å². The number of anilines is 2. The summed E-state index contributed by atoms with van der Waals surface area (Å²) < 4.78 is 12.7. The van der Waals surface area contributed by atoms with Gasteiger partial charge in [-0.05, 0) is 32.0 Å². The Morgan fingerprint density at radius 1 is 0.969 bits per heavy atom. The second-order valence-electron chi connectivity index (χ2n) is 8.48. The Labute approximate surface area is 187 Å². The first-order valence-corrected chi connectivity index (χ1v) is 10.3. The molecule has 0 fully saturated rings. The molecular formula is C24H28N6O2. The van der Waals surface area contributed by atoms with Crippen molar-refractivity contribution in [3.05, 3.63) is 55.0 Å². The van der Waals surface area contributed by atoms with Crippen molar-refractivity contribution in [2.45, 2.75) is 19.4 Å². The summed E-state index contributed by atoms with van der Waals surface area (Å²) in [6.45, 7) is 4.57. The average molecular weight is 433 g/mol. The van der Waals surface area contributed by atoms with Crippen LogP contribution in [0.1, 0.15) is 13.8 Å². The molecule has 0 radical (unpaired) electrons. The van der Waals surface area contributed by atoms with Crippen molar-refractivity contribution in [1.29, 1.82) is 0 Å². The van der Waals surface area contributed by atoms with Crippen LogP contribution in [0.3, 0.4) is 0 Å². The number of aromatic nitrogens is 4. The van der Waals surface area contributed by atoms with E-state index >= 15 is 0 Å². The molecule has 2 aromatic heterocycles. The quantitative estimate of drug-likeness (QED) is 0.473. The van der Waals surface area contributed by atoms with Gasteiger partial charge in [0.25, 0.3) is 0 Å². The van der Waals surface area contributed by atoms with Gasteiger partial charge >= 0.3 is 0 Å². The number of methoxy groups -OCH3 is 2. The normalized spacial score (nSPS) is 11.6. The molecule has 0 saturated carbocycles. The lowest BCUT2D eigenvalue weighted by atomic mass is 10.0. The maximum absolute atomic E-state index is 6.43. The second-order valence-corrected chi connectivity index (χ2v) is 8.48. The number of nitrogens with two attached hydrogens (primary N) is 1. The minimum Gasteiger partial charge on any atom is -0.497 e. The van der Waals surface area contributed by atoms with Crippen molar-refractivity contribution < 1.29 is 9.47 Å². The van der Waals surface area contributed by atoms with Crippen molar-refractivity contribution in [3.8, 4) is 22.8 Å². The fourth-order valence-corrected chi connectivity index (χ4v) is 3.55. The number of fused-ring (bicyclic) bond motifs is 1. The first kappa shape index (κ1) is 21.6. The predicted molar refractivity (Wildman–Crippen MR) is 127 cm³/mol. The molecule has 0 aliphatic carbocycles. The van der Waals surface area contributed by atoms with E-state index in [9.17, 15) is 0 Å². The Balaban J connectivity index is 1.82. The molecule has 0 aliphatic rings. The van der Waals surface area contributed by atoms with Gasteiger partial charge in [-0.1, -0.05) is 0 Å². The third-order valence-electron chi connectivity index (χ3n) is 5.05. The fraction of sp³-hybridized carbons (Fsp3) is 0.292. The maximum Gasteiger partial charge on any atom is 0.124 e. The minimum absolute atomic E-state index is 0.450. The molecule has 0 spiro atoms. The summed E-state index contributed by atoms with van der Waals surface area (Å²) in [5.74, 6) is 1.41. The van der Waals surface area contributed by atoms with Crippen LogP contribution in [0.15, 0.2) is 55.0 Å². The lowest BCUT2D eigenvalue weighted by molar-refractivity contribution is 0.394. The Morgan fingerprint density at radius 3 is 2.28 bits per heavy atom. The number of hydrogen-bond donors (Lipinski definition) is 1. The Kier molecular flexibility index (Phi) is 5.71. The number of aryl methyl sites for hydroxylation is 1. The Hall–Kier alpha value is -3.65. The van der Waals surface area contributed by atoms with Crippen LogP contribution in [0.25, 0.3) is 22.3 Å². The molecule has 4 rings (SSSR count). The summed E-state index contributed by atoms with van der Waals surface area (Å²) in [7, 11) is 5.16. The van der Waals surface area contributed by atoms with Crippen LogP contribution in [0.2, 0.25) is 0 Å². The molecule has 0 unspecified atom stereocenters. The molecular weight excluding hydrogens is 404 g/mol. The zero-order valence-electron chi connectivity index (χ0n) is 19.0. The van der Waals surface area contributed by atoms with Crippen LogP contribution in [-0.4, -0.2) is 46.1 Å². The third-order valence-corrected chi connectivity index (χ3v) is 5.05. The summed E-state index contributed by atoms with van der Waals surface area (Å²) in [6, 6.07) is 11.8. The van der Waals surface area contributed by atoms with Crippen molar-refractivity contribution in [3.63, 3.8) is 0 Å². The zero-order chi connectivity index (χ0) is 22.9. The first-order chi connectivity index (χ1) is 15.3. The monoisotopic (exact) mass is 432 g/mol. The van der Waals surface area contributed by atoms with Crippen molar-refractivity contribution in [1.82, 2.24) is 19.7 Å². The molecule has 166 valence electrons. The standard InChI is InChI=1S/C24H28N6O2/c1-24(2,25)15-30(18-8-19(31-4)11-20(9-18)32-5)17-6-7-21-22(10-17)28-23(13-26-21)16-12-27-29(3)14-16/h6-14H,15,25H2,1-5H3. The van der Waals surface area contributed by atoms with Gasteiger partial charge in [0.2, 0.25) is 0 Å². The van der Waals surface area contributed by atoms with Crippen molar-refractivity contribution >= 4 is 22.4 Å². The second kappa shape index (κ2) is 8.47. The number of nitrogens with zero attached hydrogens (tertiary/aromatic N) is 5. The van der Waals surface area contributed by atoms with E-state index in [2.05, 4.69) is 15.0 Å². The van der Waals surface area contributed by atoms with Gasteiger partial charge in [-0.3, -0.25) is 9.67 Å². The van der Waals surface area contributed by atoms with E-state index in [0.717, 1.165) is 33.7 Å². The van der Waals surface area contributed by atoms with Gasteiger partial charge < -0.3 is 20.1 Å². The molecule has 2 aromatic carbocycles. The van der Waals surface area contributed by atoms with Crippen molar-refractivity contribution in [2.24, 2.45) is 12.8 Å². The molecule has 4 aromatic rings. The zero-order valence-corrected chi connectivity index (χ0v) is 19.0. The molecule has 0 aliphatic heterocycles. The summed E-state index contributed by atoms with van der Waals surface area (Å²) in [5.41, 5.74) is 11.1. The molecule has 8 heteroatoms. The number of ether oxygens (including phenoxy) is 2. The average Bonchev–Trinajstić information content (AvgIpc) is 3.22. The molecule has 32 heavy (non-hydrogen) atoms. The van der Waals surface area contributed by atoms with E-state index < -0.39 is 5.54 Å². The highest BCUT2D eigenvalue weighted by atomic mass is 16.5. The van der Waals surface area contributed by atoms with Gasteiger partial charge in [-0.15, -0.1) is 0 Å². The summed E-state index contributed by atoms with van der Waals surface area (Å²) in [6.07, 6.45) is 5.48. The first-order valence-electron chi connectivity index (χ1n) is 10.3. The smallest absolute Gasteiger partial charge is 0.124 e. The van der Waals surface area contributed by atoms with Gasteiger partial charge in [0.05, 0.1) is 43.3 Å². The molecule has 2 N–H and O–H groups in total. The van der Waals surface area contributed by atoms with Gasteiger partial charge in [-0.2, -0.15) is 5.10 Å². The SMILES string of the molecule is COc1cc(OC)cc(N(CC(C)(C)N)c2ccc3ncc(-c4cnn(C)c4)nc3c2)c1. The third kappa shape index (κ3) is 4.65. The molecule has 2 heterocycles.